The van der Waals surface area contributed by atoms with Gasteiger partial charge in [0.05, 0.1) is 6.42 Å². The Morgan fingerprint density at radius 3 is 2.00 bits per heavy atom. The summed E-state index contributed by atoms with van der Waals surface area (Å²) in [5.74, 6) is -0.279. The van der Waals surface area contributed by atoms with Gasteiger partial charge in [-0.25, -0.2) is 0 Å². The zero-order valence-corrected chi connectivity index (χ0v) is 10.6. The van der Waals surface area contributed by atoms with E-state index in [0.717, 1.165) is 0 Å². The number of hydrogen-bond acceptors (Lipinski definition) is 3. The number of carbonyl (C=O) groups excluding carboxylic acids is 1. The number of hydrogen-bond donors (Lipinski definition) is 1. The lowest BCUT2D eigenvalue weighted by Gasteiger charge is -2.28. The van der Waals surface area contributed by atoms with Crippen molar-refractivity contribution >= 4 is 5.97 Å². The smallest absolute Gasteiger partial charge is 0.308 e. The van der Waals surface area contributed by atoms with Gasteiger partial charge in [-0.15, -0.1) is 13.2 Å². The van der Waals surface area contributed by atoms with Gasteiger partial charge in [-0.05, 0) is 33.6 Å². The van der Waals surface area contributed by atoms with E-state index in [4.69, 9.17) is 10.5 Å². The summed E-state index contributed by atoms with van der Waals surface area (Å²) >= 11 is 0. The molecule has 0 aromatic heterocycles. The molecule has 16 heavy (non-hydrogen) atoms. The molecule has 0 aliphatic rings. The minimum atomic E-state index is -0.619. The summed E-state index contributed by atoms with van der Waals surface area (Å²) in [4.78, 5) is 11.7. The molecule has 3 heteroatoms. The van der Waals surface area contributed by atoms with E-state index in [1.165, 1.54) is 0 Å². The van der Waals surface area contributed by atoms with E-state index < -0.39 is 11.1 Å². The topological polar surface area (TPSA) is 52.3 Å². The molecule has 0 amide bonds. The summed E-state index contributed by atoms with van der Waals surface area (Å²) in [5.41, 5.74) is 5.00. The first-order chi connectivity index (χ1) is 7.22. The van der Waals surface area contributed by atoms with Gasteiger partial charge >= 0.3 is 5.97 Å². The molecule has 2 N–H and O–H groups in total. The van der Waals surface area contributed by atoms with Gasteiger partial charge in [0.15, 0.2) is 0 Å². The third-order valence-corrected chi connectivity index (χ3v) is 2.02. The summed E-state index contributed by atoms with van der Waals surface area (Å²) in [5, 5.41) is 0. The molecule has 0 bridgehead atoms. The number of nitrogens with two attached hydrogens (primary N) is 1. The quantitative estimate of drug-likeness (QED) is 0.558. The predicted molar refractivity (Wildman–Crippen MR) is 67.0 cm³/mol. The summed E-state index contributed by atoms with van der Waals surface area (Å²) in [6.45, 7) is 12.8. The predicted octanol–water partition coefficient (Wildman–Crippen LogP) is 2.57. The molecule has 0 saturated heterocycles. The Morgan fingerprint density at radius 1 is 1.25 bits per heavy atom. The van der Waals surface area contributed by atoms with Crippen LogP contribution in [0.15, 0.2) is 25.3 Å². The van der Waals surface area contributed by atoms with Crippen LogP contribution >= 0.6 is 0 Å². The van der Waals surface area contributed by atoms with Crippen LogP contribution in [0.1, 0.15) is 40.0 Å². The number of rotatable bonds is 6. The molecule has 0 heterocycles. The molecular weight excluding hydrogens is 202 g/mol. The van der Waals surface area contributed by atoms with Crippen molar-refractivity contribution in [1.29, 1.82) is 0 Å². The monoisotopic (exact) mass is 225 g/mol. The van der Waals surface area contributed by atoms with Crippen molar-refractivity contribution in [3.63, 3.8) is 0 Å². The van der Waals surface area contributed by atoms with Crippen molar-refractivity contribution in [2.24, 2.45) is 5.73 Å². The normalized spacial score (nSPS) is 12.0. The highest BCUT2D eigenvalue weighted by atomic mass is 16.6. The van der Waals surface area contributed by atoms with E-state index in [1.807, 2.05) is 20.8 Å². The second-order valence-electron chi connectivity index (χ2n) is 5.11. The molecule has 0 aromatic rings. The van der Waals surface area contributed by atoms with Crippen molar-refractivity contribution in [1.82, 2.24) is 0 Å². The molecule has 0 unspecified atom stereocenters. The standard InChI is InChI=1S/C13H23NO2/c1-6-8-13(14,9-7-2)10-11(15)16-12(3,4)5/h6-7H,1-2,8-10,14H2,3-5H3. The molecule has 0 fully saturated rings. The second-order valence-corrected chi connectivity index (χ2v) is 5.11. The van der Waals surface area contributed by atoms with E-state index in [9.17, 15) is 4.79 Å². The zero-order chi connectivity index (χ0) is 12.8. The highest BCUT2D eigenvalue weighted by molar-refractivity contribution is 5.71. The summed E-state index contributed by atoms with van der Waals surface area (Å²) in [6.07, 6.45) is 4.75. The lowest BCUT2D eigenvalue weighted by atomic mass is 9.89. The van der Waals surface area contributed by atoms with E-state index >= 15 is 0 Å². The molecule has 0 radical (unpaired) electrons. The van der Waals surface area contributed by atoms with Crippen LogP contribution in [0.3, 0.4) is 0 Å². The van der Waals surface area contributed by atoms with Crippen molar-refractivity contribution in [2.45, 2.75) is 51.2 Å². The van der Waals surface area contributed by atoms with Crippen LogP contribution in [-0.2, 0) is 9.53 Å². The van der Waals surface area contributed by atoms with Gasteiger partial charge in [-0.3, -0.25) is 4.79 Å². The first-order valence-corrected chi connectivity index (χ1v) is 5.45. The second kappa shape index (κ2) is 5.85. The van der Waals surface area contributed by atoms with Crippen LogP contribution in [0.4, 0.5) is 0 Å². The highest BCUT2D eigenvalue weighted by Crippen LogP contribution is 2.20. The fraction of sp³-hybridized carbons (Fsp3) is 0.615. The van der Waals surface area contributed by atoms with Gasteiger partial charge in [0.25, 0.3) is 0 Å². The van der Waals surface area contributed by atoms with E-state index in [-0.39, 0.29) is 12.4 Å². The maximum Gasteiger partial charge on any atom is 0.308 e. The third kappa shape index (κ3) is 6.40. The van der Waals surface area contributed by atoms with Crippen LogP contribution < -0.4 is 5.73 Å². The average Bonchev–Trinajstić information content (AvgIpc) is 1.99. The molecule has 0 spiro atoms. The van der Waals surface area contributed by atoms with Crippen LogP contribution in [0.25, 0.3) is 0 Å². The zero-order valence-electron chi connectivity index (χ0n) is 10.6. The Kier molecular flexibility index (Phi) is 5.45. The molecule has 3 nitrogen and oxygen atoms in total. The number of esters is 1. The first-order valence-electron chi connectivity index (χ1n) is 5.45. The Morgan fingerprint density at radius 2 is 1.69 bits per heavy atom. The average molecular weight is 225 g/mol. The van der Waals surface area contributed by atoms with Crippen molar-refractivity contribution in [2.75, 3.05) is 0 Å². The SMILES string of the molecule is C=CCC(N)(CC=C)CC(=O)OC(C)(C)C. The molecule has 0 aliphatic heterocycles. The van der Waals surface area contributed by atoms with Crippen LogP contribution in [0, 0.1) is 0 Å². The molecule has 0 saturated carbocycles. The van der Waals surface area contributed by atoms with Crippen molar-refractivity contribution < 1.29 is 9.53 Å². The lowest BCUT2D eigenvalue weighted by molar-refractivity contribution is -0.156. The fourth-order valence-corrected chi connectivity index (χ4v) is 1.47. The molecule has 0 rings (SSSR count). The third-order valence-electron chi connectivity index (χ3n) is 2.02. The lowest BCUT2D eigenvalue weighted by Crippen LogP contribution is -2.42. The van der Waals surface area contributed by atoms with Gasteiger partial charge in [-0.2, -0.15) is 0 Å². The van der Waals surface area contributed by atoms with Crippen LogP contribution in [0.2, 0.25) is 0 Å². The van der Waals surface area contributed by atoms with Crippen molar-refractivity contribution in [3.05, 3.63) is 25.3 Å². The Hall–Kier alpha value is -1.09. The Bertz CT molecular complexity index is 254. The first kappa shape index (κ1) is 14.9. The van der Waals surface area contributed by atoms with E-state index in [0.29, 0.717) is 12.8 Å². The van der Waals surface area contributed by atoms with E-state index in [1.54, 1.807) is 12.2 Å². The summed E-state index contributed by atoms with van der Waals surface area (Å²) < 4.78 is 5.24. The van der Waals surface area contributed by atoms with Crippen LogP contribution in [-0.4, -0.2) is 17.1 Å². The minimum Gasteiger partial charge on any atom is -0.460 e. The summed E-state index contributed by atoms with van der Waals surface area (Å²) in [7, 11) is 0. The van der Waals surface area contributed by atoms with Crippen LogP contribution in [0.5, 0.6) is 0 Å². The Balaban J connectivity index is 4.45. The van der Waals surface area contributed by atoms with Crippen molar-refractivity contribution in [3.8, 4) is 0 Å². The number of carbonyl (C=O) groups is 1. The molecular formula is C13H23NO2. The fourth-order valence-electron chi connectivity index (χ4n) is 1.47. The van der Waals surface area contributed by atoms with Gasteiger partial charge < -0.3 is 10.5 Å². The Labute approximate surface area is 98.4 Å². The maximum atomic E-state index is 11.7. The van der Waals surface area contributed by atoms with Gasteiger partial charge in [0.2, 0.25) is 0 Å². The minimum absolute atomic E-state index is 0.183. The molecule has 0 aliphatic carbocycles. The maximum absolute atomic E-state index is 11.7. The molecule has 92 valence electrons. The van der Waals surface area contributed by atoms with Gasteiger partial charge in [0, 0.05) is 5.54 Å². The molecule has 0 aromatic carbocycles. The molecule has 0 atom stereocenters. The van der Waals surface area contributed by atoms with Gasteiger partial charge in [0.1, 0.15) is 5.60 Å². The van der Waals surface area contributed by atoms with E-state index in [2.05, 4.69) is 13.2 Å². The highest BCUT2D eigenvalue weighted by Gasteiger charge is 2.28. The number of ether oxygens (including phenoxy) is 1. The largest absolute Gasteiger partial charge is 0.460 e. The van der Waals surface area contributed by atoms with Gasteiger partial charge in [-0.1, -0.05) is 12.2 Å². The summed E-state index contributed by atoms with van der Waals surface area (Å²) in [6, 6.07) is 0.